The maximum absolute atomic E-state index is 13.4. The van der Waals surface area contributed by atoms with Gasteiger partial charge in [-0.2, -0.15) is 0 Å². The molecule has 0 saturated carbocycles. The molecule has 0 spiro atoms. The molecule has 1 aromatic heterocycles. The van der Waals surface area contributed by atoms with Crippen LogP contribution in [0.5, 0.6) is 0 Å². The van der Waals surface area contributed by atoms with Crippen LogP contribution in [0, 0.1) is 0 Å². The maximum Gasteiger partial charge on any atom is 0.247 e. The molecule has 3 heteroatoms. The van der Waals surface area contributed by atoms with E-state index in [2.05, 4.69) is 59.6 Å². The highest BCUT2D eigenvalue weighted by Gasteiger charge is 2.36. The number of carbonyl (C=O) groups excluding carboxylic acids is 1. The molecule has 4 aromatic rings. The fourth-order valence-corrected chi connectivity index (χ4v) is 5.17. The van der Waals surface area contributed by atoms with E-state index in [0.29, 0.717) is 6.54 Å². The van der Waals surface area contributed by atoms with E-state index in [0.717, 1.165) is 29.6 Å². The lowest BCUT2D eigenvalue weighted by Gasteiger charge is -2.36. The number of rotatable bonds is 3. The van der Waals surface area contributed by atoms with Gasteiger partial charge in [0.15, 0.2) is 0 Å². The third kappa shape index (κ3) is 3.99. The van der Waals surface area contributed by atoms with Gasteiger partial charge in [0.2, 0.25) is 5.91 Å². The first kappa shape index (κ1) is 22.0. The average molecular weight is 447 g/mol. The van der Waals surface area contributed by atoms with E-state index in [1.165, 1.54) is 27.6 Å². The van der Waals surface area contributed by atoms with Crippen molar-refractivity contribution in [3.05, 3.63) is 118 Å². The van der Waals surface area contributed by atoms with Crippen molar-refractivity contribution in [3.63, 3.8) is 0 Å². The minimum absolute atomic E-state index is 0.0556. The van der Waals surface area contributed by atoms with Crippen molar-refractivity contribution in [2.24, 2.45) is 0 Å². The van der Waals surface area contributed by atoms with Crippen molar-refractivity contribution in [2.75, 3.05) is 6.54 Å². The number of hydrogen-bond acceptors (Lipinski definition) is 1. The minimum atomic E-state index is -0.0773. The third-order valence-electron chi connectivity index (χ3n) is 6.68. The first-order valence-electron chi connectivity index (χ1n) is 12.2. The van der Waals surface area contributed by atoms with E-state index in [1.807, 2.05) is 55.2 Å². The van der Waals surface area contributed by atoms with Crippen LogP contribution in [0.4, 0.5) is 0 Å². The Morgan fingerprint density at radius 1 is 0.941 bits per heavy atom. The van der Waals surface area contributed by atoms with Crippen LogP contribution >= 0.6 is 0 Å². The standard InChI is InChI=1S/C29H24N2O.C2H6/c32-27(15-14-20-8-2-1-3-9-20)31-17-16-25-24-12-6-7-13-26(24)30-28(25)29(31)23-18-21-10-4-5-11-22(21)19-23;1-2/h1-15,18,29-30H,16-17,19H2;1-2H3/b15-14+;. The molecule has 170 valence electrons. The molecule has 1 N–H and O–H groups in total. The highest BCUT2D eigenvalue weighted by atomic mass is 16.2. The third-order valence-corrected chi connectivity index (χ3v) is 6.68. The lowest BCUT2D eigenvalue weighted by molar-refractivity contribution is -0.128. The first-order chi connectivity index (χ1) is 16.8. The largest absolute Gasteiger partial charge is 0.356 e. The highest BCUT2D eigenvalue weighted by Crippen LogP contribution is 2.42. The summed E-state index contributed by atoms with van der Waals surface area (Å²) in [5, 5.41) is 1.27. The molecule has 1 aliphatic heterocycles. The second-order valence-electron chi connectivity index (χ2n) is 8.59. The average Bonchev–Trinajstić information content (AvgIpc) is 3.50. The molecule has 3 nitrogen and oxygen atoms in total. The van der Waals surface area contributed by atoms with Gasteiger partial charge in [-0.15, -0.1) is 0 Å². The van der Waals surface area contributed by atoms with Gasteiger partial charge in [0.05, 0.1) is 6.04 Å². The van der Waals surface area contributed by atoms with Gasteiger partial charge in [-0.3, -0.25) is 4.79 Å². The summed E-state index contributed by atoms with van der Waals surface area (Å²) in [5.41, 5.74) is 8.56. The monoisotopic (exact) mass is 446 g/mol. The number of hydrogen-bond donors (Lipinski definition) is 1. The second kappa shape index (κ2) is 9.56. The van der Waals surface area contributed by atoms with Crippen LogP contribution in [-0.2, 0) is 17.6 Å². The van der Waals surface area contributed by atoms with E-state index in [-0.39, 0.29) is 11.9 Å². The Morgan fingerprint density at radius 2 is 1.68 bits per heavy atom. The number of benzene rings is 3. The summed E-state index contributed by atoms with van der Waals surface area (Å²) in [5.74, 6) is 0.0556. The van der Waals surface area contributed by atoms with Crippen LogP contribution in [0.2, 0.25) is 0 Å². The Morgan fingerprint density at radius 3 is 2.50 bits per heavy atom. The van der Waals surface area contributed by atoms with Crippen LogP contribution < -0.4 is 0 Å². The summed E-state index contributed by atoms with van der Waals surface area (Å²) in [6.45, 7) is 4.71. The Labute approximate surface area is 201 Å². The van der Waals surface area contributed by atoms with Crippen LogP contribution in [0.25, 0.3) is 23.1 Å². The van der Waals surface area contributed by atoms with E-state index in [1.54, 1.807) is 6.08 Å². The van der Waals surface area contributed by atoms with Gasteiger partial charge < -0.3 is 9.88 Å². The predicted octanol–water partition coefficient (Wildman–Crippen LogP) is 6.97. The van der Waals surface area contributed by atoms with Crippen molar-refractivity contribution in [2.45, 2.75) is 32.7 Å². The summed E-state index contributed by atoms with van der Waals surface area (Å²) in [6, 6.07) is 26.9. The fraction of sp³-hybridized carbons (Fsp3) is 0.194. The maximum atomic E-state index is 13.4. The number of fused-ring (bicyclic) bond motifs is 4. The lowest BCUT2D eigenvalue weighted by Crippen LogP contribution is -2.40. The number of aromatic nitrogens is 1. The molecule has 3 aromatic carbocycles. The van der Waals surface area contributed by atoms with Gasteiger partial charge in [0.1, 0.15) is 0 Å². The summed E-state index contributed by atoms with van der Waals surface area (Å²) in [7, 11) is 0. The first-order valence-corrected chi connectivity index (χ1v) is 12.2. The van der Waals surface area contributed by atoms with Crippen molar-refractivity contribution in [1.82, 2.24) is 9.88 Å². The van der Waals surface area contributed by atoms with Crippen LogP contribution in [0.3, 0.4) is 0 Å². The second-order valence-corrected chi connectivity index (χ2v) is 8.59. The molecule has 0 radical (unpaired) electrons. The quantitative estimate of drug-likeness (QED) is 0.339. The van der Waals surface area contributed by atoms with Crippen molar-refractivity contribution >= 4 is 29.0 Å². The SMILES string of the molecule is CC.O=C(/C=C/c1ccccc1)N1CCc2c([nH]c3ccccc23)C1C1=Cc2ccccc2C1. The van der Waals surface area contributed by atoms with Crippen LogP contribution in [0.15, 0.2) is 90.5 Å². The number of carbonyl (C=O) groups is 1. The minimum Gasteiger partial charge on any atom is -0.356 e. The molecule has 1 aliphatic carbocycles. The Balaban J connectivity index is 0.00000117. The van der Waals surface area contributed by atoms with Gasteiger partial charge in [-0.25, -0.2) is 0 Å². The number of nitrogens with zero attached hydrogens (tertiary/aromatic N) is 1. The van der Waals surface area contributed by atoms with Crippen LogP contribution in [0.1, 0.15) is 47.8 Å². The van der Waals surface area contributed by atoms with Crippen LogP contribution in [-0.4, -0.2) is 22.3 Å². The summed E-state index contributed by atoms with van der Waals surface area (Å²) >= 11 is 0. The van der Waals surface area contributed by atoms with Gasteiger partial charge in [-0.05, 0) is 52.8 Å². The summed E-state index contributed by atoms with van der Waals surface area (Å²) in [6.07, 6.45) is 7.65. The van der Waals surface area contributed by atoms with Gasteiger partial charge in [0, 0.05) is 29.2 Å². The molecular formula is C31H30N2O. The number of H-pyrrole nitrogens is 1. The van der Waals surface area contributed by atoms with Gasteiger partial charge >= 0.3 is 0 Å². The fourth-order valence-electron chi connectivity index (χ4n) is 5.17. The molecule has 1 unspecified atom stereocenters. The molecule has 0 fully saturated rings. The zero-order valence-electron chi connectivity index (χ0n) is 19.8. The van der Waals surface area contributed by atoms with Crippen molar-refractivity contribution in [1.29, 1.82) is 0 Å². The van der Waals surface area contributed by atoms with Gasteiger partial charge in [0.25, 0.3) is 0 Å². The molecule has 0 bridgehead atoms. The molecule has 2 aliphatic rings. The van der Waals surface area contributed by atoms with Gasteiger partial charge in [-0.1, -0.05) is 92.7 Å². The molecule has 1 atom stereocenters. The summed E-state index contributed by atoms with van der Waals surface area (Å²) in [4.78, 5) is 19.1. The Hall–Kier alpha value is -3.85. The number of amides is 1. The zero-order valence-corrected chi connectivity index (χ0v) is 19.8. The smallest absolute Gasteiger partial charge is 0.247 e. The zero-order chi connectivity index (χ0) is 23.5. The van der Waals surface area contributed by atoms with Crippen molar-refractivity contribution in [3.8, 4) is 0 Å². The predicted molar refractivity (Wildman–Crippen MR) is 141 cm³/mol. The lowest BCUT2D eigenvalue weighted by atomic mass is 9.91. The number of para-hydroxylation sites is 1. The molecule has 0 saturated heterocycles. The normalized spacial score (nSPS) is 16.6. The van der Waals surface area contributed by atoms with E-state index in [9.17, 15) is 4.79 Å². The summed E-state index contributed by atoms with van der Waals surface area (Å²) < 4.78 is 0. The topological polar surface area (TPSA) is 36.1 Å². The number of nitrogens with one attached hydrogen (secondary N) is 1. The van der Waals surface area contributed by atoms with E-state index >= 15 is 0 Å². The van der Waals surface area contributed by atoms with Crippen molar-refractivity contribution < 1.29 is 4.79 Å². The van der Waals surface area contributed by atoms with E-state index < -0.39 is 0 Å². The Kier molecular flexibility index (Phi) is 6.18. The molecule has 6 rings (SSSR count). The Bertz CT molecular complexity index is 1380. The molecular weight excluding hydrogens is 416 g/mol. The highest BCUT2D eigenvalue weighted by molar-refractivity contribution is 5.94. The van der Waals surface area contributed by atoms with E-state index in [4.69, 9.17) is 0 Å². The number of aromatic amines is 1. The molecule has 1 amide bonds. The molecule has 2 heterocycles. The molecule has 34 heavy (non-hydrogen) atoms.